The highest BCUT2D eigenvalue weighted by Crippen LogP contribution is 2.26. The number of carbonyl (C=O) groups is 2. The molecule has 0 bridgehead atoms. The zero-order valence-electron chi connectivity index (χ0n) is 10.8. The molecule has 10 heteroatoms. The molecule has 0 aliphatic heterocycles. The normalized spacial score (nSPS) is 11.9. The van der Waals surface area contributed by atoms with Gasteiger partial charge in [-0.15, -0.1) is 0 Å². The number of amides is 2. The molecule has 0 atom stereocenters. The van der Waals surface area contributed by atoms with Gasteiger partial charge in [0.2, 0.25) is 0 Å². The topological polar surface area (TPSA) is 58.2 Å². The van der Waals surface area contributed by atoms with Gasteiger partial charge in [-0.05, 0) is 11.1 Å². The van der Waals surface area contributed by atoms with Crippen LogP contribution in [0.25, 0.3) is 0 Å². The zero-order chi connectivity index (χ0) is 17.0. The van der Waals surface area contributed by atoms with Crippen LogP contribution in [0.3, 0.4) is 0 Å². The molecule has 4 nitrogen and oxygen atoms in total. The third-order valence-electron chi connectivity index (χ3n) is 2.41. The van der Waals surface area contributed by atoms with Crippen LogP contribution in [0.4, 0.5) is 0 Å². The molecule has 0 radical (unpaired) electrons. The summed E-state index contributed by atoms with van der Waals surface area (Å²) in [5.41, 5.74) is 1.51. The van der Waals surface area contributed by atoms with Crippen molar-refractivity contribution in [3.8, 4) is 0 Å². The molecule has 0 heterocycles. The maximum atomic E-state index is 11.4. The Kier molecular flexibility index (Phi) is 7.37. The van der Waals surface area contributed by atoms with Crippen molar-refractivity contribution < 1.29 is 9.59 Å². The molecule has 1 rings (SSSR count). The van der Waals surface area contributed by atoms with Crippen molar-refractivity contribution in [2.45, 2.75) is 20.7 Å². The van der Waals surface area contributed by atoms with Crippen molar-refractivity contribution in [1.82, 2.24) is 10.6 Å². The molecular formula is C12H10Cl6N2O2. The Morgan fingerprint density at radius 1 is 0.818 bits per heavy atom. The second-order valence-electron chi connectivity index (χ2n) is 4.18. The van der Waals surface area contributed by atoms with Gasteiger partial charge in [0.1, 0.15) is 0 Å². The highest BCUT2D eigenvalue weighted by Gasteiger charge is 2.30. The van der Waals surface area contributed by atoms with Crippen molar-refractivity contribution in [3.05, 3.63) is 35.4 Å². The maximum absolute atomic E-state index is 11.4. The number of hydrogen-bond donors (Lipinski definition) is 2. The lowest BCUT2D eigenvalue weighted by Gasteiger charge is -2.13. The average Bonchev–Trinajstić information content (AvgIpc) is 2.40. The SMILES string of the molecule is O=C(NCc1cccc(CNC(=O)C(Cl)(Cl)Cl)c1)C(Cl)(Cl)Cl. The zero-order valence-corrected chi connectivity index (χ0v) is 15.3. The van der Waals surface area contributed by atoms with Gasteiger partial charge in [-0.25, -0.2) is 0 Å². The maximum Gasteiger partial charge on any atom is 0.272 e. The number of halogens is 6. The standard InChI is InChI=1S/C12H10Cl6N2O2/c13-11(14,15)9(21)19-5-7-2-1-3-8(4-7)6-20-10(22)12(16,17)18/h1-4H,5-6H2,(H,19,21)(H,20,22). The van der Waals surface area contributed by atoms with Gasteiger partial charge in [0.25, 0.3) is 19.4 Å². The van der Waals surface area contributed by atoms with E-state index in [2.05, 4.69) is 10.6 Å². The summed E-state index contributed by atoms with van der Waals surface area (Å²) in [6.45, 7) is 0.331. The van der Waals surface area contributed by atoms with E-state index in [0.29, 0.717) is 0 Å². The van der Waals surface area contributed by atoms with E-state index in [1.807, 2.05) is 0 Å². The van der Waals surface area contributed by atoms with Crippen molar-refractivity contribution in [2.75, 3.05) is 0 Å². The van der Waals surface area contributed by atoms with Crippen LogP contribution < -0.4 is 10.6 Å². The molecule has 0 saturated carbocycles. The lowest BCUT2D eigenvalue weighted by molar-refractivity contribution is -0.121. The number of carbonyl (C=O) groups excluding carboxylic acids is 2. The van der Waals surface area contributed by atoms with Crippen LogP contribution >= 0.6 is 69.6 Å². The van der Waals surface area contributed by atoms with Crippen LogP contribution in [-0.4, -0.2) is 19.4 Å². The Morgan fingerprint density at radius 3 is 1.50 bits per heavy atom. The van der Waals surface area contributed by atoms with Gasteiger partial charge in [-0.1, -0.05) is 93.9 Å². The Hall–Kier alpha value is -0.100. The summed E-state index contributed by atoms with van der Waals surface area (Å²) in [4.78, 5) is 22.9. The van der Waals surface area contributed by atoms with Crippen molar-refractivity contribution >= 4 is 81.4 Å². The van der Waals surface area contributed by atoms with E-state index < -0.39 is 19.4 Å². The van der Waals surface area contributed by atoms with Crippen molar-refractivity contribution in [3.63, 3.8) is 0 Å². The minimum Gasteiger partial charge on any atom is -0.348 e. The molecule has 0 aromatic heterocycles. The Labute approximate surface area is 157 Å². The van der Waals surface area contributed by atoms with E-state index in [9.17, 15) is 9.59 Å². The summed E-state index contributed by atoms with van der Waals surface area (Å²) in [5, 5.41) is 4.94. The first-order chi connectivity index (χ1) is 10.00. The van der Waals surface area contributed by atoms with Gasteiger partial charge < -0.3 is 10.6 Å². The highest BCUT2D eigenvalue weighted by atomic mass is 35.6. The van der Waals surface area contributed by atoms with Crippen LogP contribution in [0.2, 0.25) is 0 Å². The largest absolute Gasteiger partial charge is 0.348 e. The van der Waals surface area contributed by atoms with Crippen LogP contribution in [-0.2, 0) is 22.7 Å². The minimum absolute atomic E-state index is 0.166. The molecular weight excluding hydrogens is 417 g/mol. The average molecular weight is 427 g/mol. The first kappa shape index (κ1) is 19.9. The van der Waals surface area contributed by atoms with Crippen LogP contribution in [0.15, 0.2) is 24.3 Å². The van der Waals surface area contributed by atoms with E-state index in [1.54, 1.807) is 24.3 Å². The van der Waals surface area contributed by atoms with Crippen molar-refractivity contribution in [2.24, 2.45) is 0 Å². The molecule has 0 fully saturated rings. The number of hydrogen-bond acceptors (Lipinski definition) is 2. The Balaban J connectivity index is 2.60. The minimum atomic E-state index is -2.02. The molecule has 0 aliphatic carbocycles. The van der Waals surface area contributed by atoms with Crippen LogP contribution in [0, 0.1) is 0 Å². The van der Waals surface area contributed by atoms with Gasteiger partial charge in [0.05, 0.1) is 0 Å². The third kappa shape index (κ3) is 6.99. The van der Waals surface area contributed by atoms with E-state index >= 15 is 0 Å². The molecule has 0 aliphatic rings. The molecule has 22 heavy (non-hydrogen) atoms. The number of benzene rings is 1. The quantitative estimate of drug-likeness (QED) is 0.722. The highest BCUT2D eigenvalue weighted by molar-refractivity contribution is 6.76. The van der Waals surface area contributed by atoms with Crippen LogP contribution in [0.5, 0.6) is 0 Å². The van der Waals surface area contributed by atoms with E-state index in [0.717, 1.165) is 11.1 Å². The summed E-state index contributed by atoms with van der Waals surface area (Å²) in [5.74, 6) is -1.46. The summed E-state index contributed by atoms with van der Waals surface area (Å²) >= 11 is 32.7. The van der Waals surface area contributed by atoms with Gasteiger partial charge >= 0.3 is 0 Å². The predicted octanol–water partition coefficient (Wildman–Crippen LogP) is 3.66. The van der Waals surface area contributed by atoms with E-state index in [1.165, 1.54) is 0 Å². The van der Waals surface area contributed by atoms with Gasteiger partial charge in [0.15, 0.2) is 0 Å². The molecule has 0 spiro atoms. The predicted molar refractivity (Wildman–Crippen MR) is 90.7 cm³/mol. The van der Waals surface area contributed by atoms with Crippen molar-refractivity contribution in [1.29, 1.82) is 0 Å². The third-order valence-corrected chi connectivity index (χ3v) is 3.44. The fraction of sp³-hybridized carbons (Fsp3) is 0.333. The lowest BCUT2D eigenvalue weighted by atomic mass is 10.1. The van der Waals surface area contributed by atoms with Gasteiger partial charge in [-0.3, -0.25) is 9.59 Å². The number of rotatable bonds is 4. The number of alkyl halides is 6. The Bertz CT molecular complexity index is 508. The van der Waals surface area contributed by atoms with Crippen LogP contribution in [0.1, 0.15) is 11.1 Å². The molecule has 0 saturated heterocycles. The van der Waals surface area contributed by atoms with E-state index in [4.69, 9.17) is 69.6 Å². The second-order valence-corrected chi connectivity index (χ2v) is 8.74. The van der Waals surface area contributed by atoms with Gasteiger partial charge in [0, 0.05) is 13.1 Å². The summed E-state index contributed by atoms with van der Waals surface area (Å²) in [6.07, 6.45) is 0. The number of nitrogens with one attached hydrogen (secondary N) is 2. The summed E-state index contributed by atoms with van der Waals surface area (Å²) in [6, 6.07) is 7.02. The molecule has 2 N–H and O–H groups in total. The fourth-order valence-electron chi connectivity index (χ4n) is 1.41. The molecule has 1 aromatic rings. The Morgan fingerprint density at radius 2 is 1.18 bits per heavy atom. The molecule has 1 aromatic carbocycles. The van der Waals surface area contributed by atoms with Gasteiger partial charge in [-0.2, -0.15) is 0 Å². The van der Waals surface area contributed by atoms with E-state index in [-0.39, 0.29) is 13.1 Å². The molecule has 122 valence electrons. The molecule has 0 unspecified atom stereocenters. The second kappa shape index (κ2) is 8.13. The monoisotopic (exact) mass is 424 g/mol. The summed E-state index contributed by atoms with van der Waals surface area (Å²) in [7, 11) is 0. The summed E-state index contributed by atoms with van der Waals surface area (Å²) < 4.78 is -4.04. The smallest absolute Gasteiger partial charge is 0.272 e. The molecule has 2 amide bonds. The fourth-order valence-corrected chi connectivity index (χ4v) is 1.82. The lowest BCUT2D eigenvalue weighted by Crippen LogP contribution is -2.34. The first-order valence-corrected chi connectivity index (χ1v) is 8.05. The first-order valence-electron chi connectivity index (χ1n) is 5.78.